The highest BCUT2D eigenvalue weighted by Crippen LogP contribution is 2.43. The van der Waals surface area contributed by atoms with Crippen LogP contribution in [0.1, 0.15) is 34.7 Å². The third-order valence-electron chi connectivity index (χ3n) is 5.04. The van der Waals surface area contributed by atoms with Crippen LogP contribution >= 0.6 is 0 Å². The molecular weight excluding hydrogens is 378 g/mol. The van der Waals surface area contributed by atoms with Crippen LogP contribution in [-0.2, 0) is 0 Å². The van der Waals surface area contributed by atoms with Crippen molar-refractivity contribution in [2.75, 3.05) is 0 Å². The molecule has 1 aliphatic rings. The molecule has 0 amide bonds. The van der Waals surface area contributed by atoms with E-state index in [0.717, 1.165) is 12.3 Å². The van der Waals surface area contributed by atoms with E-state index in [1.54, 1.807) is 0 Å². The summed E-state index contributed by atoms with van der Waals surface area (Å²) < 4.78 is 56.2. The van der Waals surface area contributed by atoms with E-state index in [2.05, 4.69) is 4.98 Å². The molecule has 0 spiro atoms. The van der Waals surface area contributed by atoms with Crippen LogP contribution in [-0.4, -0.2) is 27.3 Å². The van der Waals surface area contributed by atoms with Crippen LogP contribution in [0.25, 0.3) is 22.0 Å². The maximum Gasteiger partial charge on any atom is 0.337 e. The highest BCUT2D eigenvalue weighted by atomic mass is 19.2. The zero-order valence-electron chi connectivity index (χ0n) is 14.2. The average molecular weight is 391 g/mol. The second-order valence-electron chi connectivity index (χ2n) is 6.78. The molecule has 2 N–H and O–H groups in total. The number of halogens is 4. The fourth-order valence-electron chi connectivity index (χ4n) is 3.69. The molecule has 0 unspecified atom stereocenters. The van der Waals surface area contributed by atoms with E-state index < -0.39 is 46.5 Å². The lowest BCUT2D eigenvalue weighted by molar-refractivity contribution is 0.0660. The summed E-state index contributed by atoms with van der Waals surface area (Å²) in [4.78, 5) is 15.6. The predicted octanol–water partition coefficient (Wildman–Crippen LogP) is 4.39. The zero-order valence-corrected chi connectivity index (χ0v) is 14.2. The second kappa shape index (κ2) is 6.56. The third kappa shape index (κ3) is 2.80. The monoisotopic (exact) mass is 391 g/mol. The summed E-state index contributed by atoms with van der Waals surface area (Å²) in [6.45, 7) is 0. The van der Waals surface area contributed by atoms with Crippen molar-refractivity contribution in [2.24, 2.45) is 0 Å². The van der Waals surface area contributed by atoms with Crippen LogP contribution in [0.5, 0.6) is 0 Å². The summed E-state index contributed by atoms with van der Waals surface area (Å²) in [6.07, 6.45) is 1.07. The van der Waals surface area contributed by atoms with Gasteiger partial charge < -0.3 is 10.2 Å². The summed E-state index contributed by atoms with van der Waals surface area (Å²) in [7, 11) is 0. The molecular formula is C20H13F4NO3. The lowest BCUT2D eigenvalue weighted by Gasteiger charge is -2.33. The number of carboxylic acids is 1. The van der Waals surface area contributed by atoms with Crippen molar-refractivity contribution in [3.8, 4) is 11.1 Å². The Kier molecular flexibility index (Phi) is 4.30. The summed E-state index contributed by atoms with van der Waals surface area (Å²) in [6, 6.07) is 3.29. The van der Waals surface area contributed by atoms with Crippen LogP contribution < -0.4 is 0 Å². The minimum atomic E-state index is -1.48. The van der Waals surface area contributed by atoms with Crippen molar-refractivity contribution in [3.63, 3.8) is 0 Å². The first-order chi connectivity index (χ1) is 13.3. The first-order valence-corrected chi connectivity index (χ1v) is 8.45. The summed E-state index contributed by atoms with van der Waals surface area (Å²) in [5, 5.41) is 19.3. The molecule has 1 heterocycles. The van der Waals surface area contributed by atoms with Gasteiger partial charge in [-0.25, -0.2) is 22.4 Å². The number of pyridine rings is 1. The number of hydrogen-bond donors (Lipinski definition) is 2. The molecule has 0 bridgehead atoms. The number of aromatic nitrogens is 1. The van der Waals surface area contributed by atoms with E-state index in [0.29, 0.717) is 30.5 Å². The van der Waals surface area contributed by atoms with E-state index in [1.807, 2.05) is 0 Å². The molecule has 0 saturated heterocycles. The number of benzene rings is 2. The van der Waals surface area contributed by atoms with Crippen LogP contribution in [0.2, 0.25) is 0 Å². The van der Waals surface area contributed by atoms with Gasteiger partial charge in [-0.3, -0.25) is 4.98 Å². The van der Waals surface area contributed by atoms with Crippen molar-refractivity contribution >= 4 is 16.9 Å². The summed E-state index contributed by atoms with van der Waals surface area (Å²) >= 11 is 0. The van der Waals surface area contributed by atoms with Crippen molar-refractivity contribution in [3.05, 3.63) is 64.9 Å². The molecule has 144 valence electrons. The van der Waals surface area contributed by atoms with Crippen LogP contribution in [0.15, 0.2) is 30.5 Å². The van der Waals surface area contributed by atoms with E-state index in [4.69, 9.17) is 0 Å². The molecule has 4 rings (SSSR count). The number of fused-ring (bicyclic) bond motifs is 1. The van der Waals surface area contributed by atoms with E-state index >= 15 is 0 Å². The smallest absolute Gasteiger partial charge is 0.337 e. The van der Waals surface area contributed by atoms with Gasteiger partial charge >= 0.3 is 5.97 Å². The number of carbonyl (C=O) groups is 1. The first-order valence-electron chi connectivity index (χ1n) is 8.45. The van der Waals surface area contributed by atoms with Crippen molar-refractivity contribution in [1.29, 1.82) is 0 Å². The Morgan fingerprint density at radius 1 is 1.07 bits per heavy atom. The molecule has 0 radical (unpaired) electrons. The lowest BCUT2D eigenvalue weighted by atomic mass is 9.74. The van der Waals surface area contributed by atoms with Gasteiger partial charge in [0.05, 0.1) is 17.2 Å². The SMILES string of the molecule is O=C(O)c1cnc2c(-c3cc(F)cc(F)c3F)c(F)ccc2c1C1CC(O)C1. The lowest BCUT2D eigenvalue weighted by Crippen LogP contribution is -2.28. The van der Waals surface area contributed by atoms with Crippen molar-refractivity contribution < 1.29 is 32.6 Å². The van der Waals surface area contributed by atoms with Gasteiger partial charge in [-0.05, 0) is 42.5 Å². The Balaban J connectivity index is 2.06. The van der Waals surface area contributed by atoms with Gasteiger partial charge in [0, 0.05) is 28.8 Å². The Morgan fingerprint density at radius 3 is 2.43 bits per heavy atom. The molecule has 0 aliphatic heterocycles. The van der Waals surface area contributed by atoms with Gasteiger partial charge in [0.15, 0.2) is 11.6 Å². The van der Waals surface area contributed by atoms with Gasteiger partial charge in [-0.2, -0.15) is 0 Å². The van der Waals surface area contributed by atoms with E-state index in [-0.39, 0.29) is 22.4 Å². The molecule has 1 saturated carbocycles. The van der Waals surface area contributed by atoms with Crippen molar-refractivity contribution in [2.45, 2.75) is 24.9 Å². The molecule has 0 atom stereocenters. The molecule has 2 aromatic carbocycles. The Morgan fingerprint density at radius 2 is 1.79 bits per heavy atom. The Hall–Kier alpha value is -3.00. The molecule has 8 heteroatoms. The minimum absolute atomic E-state index is 0.106. The highest BCUT2D eigenvalue weighted by Gasteiger charge is 2.34. The number of rotatable bonds is 3. The van der Waals surface area contributed by atoms with Gasteiger partial charge in [-0.15, -0.1) is 0 Å². The number of carboxylic acid groups (broad SMARTS) is 1. The summed E-state index contributed by atoms with van der Waals surface area (Å²) in [5.74, 6) is -6.51. The zero-order chi connectivity index (χ0) is 20.2. The number of aromatic carboxylic acids is 1. The number of aliphatic hydroxyl groups excluding tert-OH is 1. The normalized spacial score (nSPS) is 18.9. The molecule has 28 heavy (non-hydrogen) atoms. The van der Waals surface area contributed by atoms with Crippen molar-refractivity contribution in [1.82, 2.24) is 4.98 Å². The first kappa shape index (κ1) is 18.4. The molecule has 1 aromatic heterocycles. The average Bonchev–Trinajstić information content (AvgIpc) is 2.61. The maximum atomic E-state index is 14.6. The Labute approximate surface area is 156 Å². The second-order valence-corrected chi connectivity index (χ2v) is 6.78. The van der Waals surface area contributed by atoms with Crippen LogP contribution in [0.4, 0.5) is 17.6 Å². The topological polar surface area (TPSA) is 70.4 Å². The fraction of sp³-hybridized carbons (Fsp3) is 0.200. The third-order valence-corrected chi connectivity index (χ3v) is 5.04. The fourth-order valence-corrected chi connectivity index (χ4v) is 3.69. The number of nitrogens with zero attached hydrogens (tertiary/aromatic N) is 1. The molecule has 4 nitrogen and oxygen atoms in total. The quantitative estimate of drug-likeness (QED) is 0.513. The largest absolute Gasteiger partial charge is 0.478 e. The highest BCUT2D eigenvalue weighted by molar-refractivity contribution is 6.01. The molecule has 1 aliphatic carbocycles. The van der Waals surface area contributed by atoms with Crippen LogP contribution in [0, 0.1) is 23.3 Å². The van der Waals surface area contributed by atoms with Gasteiger partial charge in [-0.1, -0.05) is 0 Å². The maximum absolute atomic E-state index is 14.6. The standard InChI is InChI=1S/C20H13F4NO3/c21-9-5-12(18(24)15(23)6-9)17-14(22)2-1-11-16(8-3-10(26)4-8)13(20(27)28)7-25-19(11)17/h1-2,5-8,10,26H,3-4H2,(H,27,28). The molecule has 1 fully saturated rings. The van der Waals surface area contributed by atoms with E-state index in [9.17, 15) is 32.6 Å². The molecule has 3 aromatic rings. The number of aliphatic hydroxyl groups is 1. The predicted molar refractivity (Wildman–Crippen MR) is 92.0 cm³/mol. The van der Waals surface area contributed by atoms with E-state index in [1.165, 1.54) is 6.07 Å². The van der Waals surface area contributed by atoms with Gasteiger partial charge in [0.25, 0.3) is 0 Å². The van der Waals surface area contributed by atoms with Crippen LogP contribution in [0.3, 0.4) is 0 Å². The van der Waals surface area contributed by atoms with Gasteiger partial charge in [0.2, 0.25) is 0 Å². The number of hydrogen-bond acceptors (Lipinski definition) is 3. The summed E-state index contributed by atoms with van der Waals surface area (Å²) in [5.41, 5.74) is -0.985. The van der Waals surface area contributed by atoms with Gasteiger partial charge in [0.1, 0.15) is 11.6 Å². The Bertz CT molecular complexity index is 1130. The minimum Gasteiger partial charge on any atom is -0.478 e.